The topological polar surface area (TPSA) is 29.5 Å². The Kier molecular flexibility index (Phi) is 4.63. The van der Waals surface area contributed by atoms with Crippen molar-refractivity contribution in [3.63, 3.8) is 0 Å². The molecule has 0 saturated carbocycles. The molecule has 3 nitrogen and oxygen atoms in total. The summed E-state index contributed by atoms with van der Waals surface area (Å²) in [6.07, 6.45) is 0.0888. The Hall–Kier alpha value is -0.870. The van der Waals surface area contributed by atoms with Crippen molar-refractivity contribution in [2.75, 3.05) is 18.5 Å². The second-order valence-corrected chi connectivity index (χ2v) is 5.88. The second-order valence-electron chi connectivity index (χ2n) is 5.23. The molecule has 4 heteroatoms. The molecule has 0 radical (unpaired) electrons. The van der Waals surface area contributed by atoms with E-state index < -0.39 is 0 Å². The first-order chi connectivity index (χ1) is 9.02. The minimum absolute atomic E-state index is 0.0888. The van der Waals surface area contributed by atoms with Crippen LogP contribution in [0.5, 0.6) is 0 Å². The molecule has 0 aromatic heterocycles. The summed E-state index contributed by atoms with van der Waals surface area (Å²) in [7, 11) is 0. The Bertz CT molecular complexity index is 475. The van der Waals surface area contributed by atoms with Crippen LogP contribution < -0.4 is 0 Å². The Morgan fingerprint density at radius 2 is 2.21 bits per heavy atom. The molecule has 1 saturated heterocycles. The number of carbonyl (C=O) groups excluding carboxylic acids is 1. The van der Waals surface area contributed by atoms with Crippen molar-refractivity contribution in [1.82, 2.24) is 4.90 Å². The summed E-state index contributed by atoms with van der Waals surface area (Å²) in [5.74, 6) is 0.110. The van der Waals surface area contributed by atoms with Crippen LogP contribution in [-0.2, 0) is 4.74 Å². The van der Waals surface area contributed by atoms with Crippen LogP contribution in [-0.4, -0.2) is 41.4 Å². The molecule has 2 atom stereocenters. The van der Waals surface area contributed by atoms with Crippen molar-refractivity contribution in [3.05, 3.63) is 34.9 Å². The van der Waals surface area contributed by atoms with Crippen molar-refractivity contribution >= 4 is 21.8 Å². The van der Waals surface area contributed by atoms with Gasteiger partial charge in [-0.05, 0) is 32.4 Å². The van der Waals surface area contributed by atoms with Crippen LogP contribution in [0.15, 0.2) is 18.2 Å². The van der Waals surface area contributed by atoms with Gasteiger partial charge in [-0.25, -0.2) is 0 Å². The van der Waals surface area contributed by atoms with Gasteiger partial charge in [-0.1, -0.05) is 33.6 Å². The summed E-state index contributed by atoms with van der Waals surface area (Å²) in [6.45, 7) is 7.32. The lowest BCUT2D eigenvalue weighted by Crippen LogP contribution is -2.51. The summed E-state index contributed by atoms with van der Waals surface area (Å²) in [5, 5.41) is 0.760. The average Bonchev–Trinajstić information content (AvgIpc) is 2.38. The molecule has 0 spiro atoms. The molecule has 0 N–H and O–H groups in total. The number of hydrogen-bond acceptors (Lipinski definition) is 2. The third-order valence-corrected chi connectivity index (χ3v) is 4.27. The molecule has 2 rings (SSSR count). The van der Waals surface area contributed by atoms with Crippen molar-refractivity contribution in [2.45, 2.75) is 32.9 Å². The van der Waals surface area contributed by atoms with Crippen LogP contribution in [0.2, 0.25) is 0 Å². The zero-order chi connectivity index (χ0) is 14.0. The lowest BCUT2D eigenvalue weighted by Gasteiger charge is -2.37. The van der Waals surface area contributed by atoms with Crippen LogP contribution in [0, 0.1) is 13.8 Å². The fourth-order valence-electron chi connectivity index (χ4n) is 2.40. The number of rotatable bonds is 2. The van der Waals surface area contributed by atoms with E-state index in [0.29, 0.717) is 13.2 Å². The number of ether oxygens (including phenoxy) is 1. The molecule has 1 aliphatic rings. The third-order valence-electron chi connectivity index (χ3n) is 3.55. The molecular formula is C15H20BrNO2. The van der Waals surface area contributed by atoms with E-state index in [1.54, 1.807) is 0 Å². The first-order valence-electron chi connectivity index (χ1n) is 6.58. The number of alkyl halides is 1. The molecule has 0 bridgehead atoms. The smallest absolute Gasteiger partial charge is 0.254 e. The minimum Gasteiger partial charge on any atom is -0.373 e. The number of nitrogens with zero attached hydrogens (tertiary/aromatic N) is 1. The first-order valence-corrected chi connectivity index (χ1v) is 7.71. The third kappa shape index (κ3) is 3.18. The van der Waals surface area contributed by atoms with Crippen LogP contribution >= 0.6 is 15.9 Å². The molecule has 0 aliphatic carbocycles. The maximum Gasteiger partial charge on any atom is 0.254 e. The van der Waals surface area contributed by atoms with E-state index in [-0.39, 0.29) is 18.1 Å². The van der Waals surface area contributed by atoms with Crippen molar-refractivity contribution < 1.29 is 9.53 Å². The Labute approximate surface area is 123 Å². The largest absolute Gasteiger partial charge is 0.373 e. The normalized spacial score (nSPS) is 23.5. The summed E-state index contributed by atoms with van der Waals surface area (Å²) in [4.78, 5) is 14.6. The maximum absolute atomic E-state index is 12.7. The van der Waals surface area contributed by atoms with Crippen molar-refractivity contribution in [1.29, 1.82) is 0 Å². The standard InChI is InChI=1S/C15H20BrNO2/c1-10-4-5-14(11(2)6-10)15(18)17-8-13(7-16)19-9-12(17)3/h4-6,12-13H,7-9H2,1-3H3. The van der Waals surface area contributed by atoms with E-state index in [9.17, 15) is 4.79 Å². The van der Waals surface area contributed by atoms with Gasteiger partial charge in [-0.3, -0.25) is 4.79 Å². The highest BCUT2D eigenvalue weighted by molar-refractivity contribution is 9.09. The average molecular weight is 326 g/mol. The van der Waals surface area contributed by atoms with Gasteiger partial charge in [-0.2, -0.15) is 0 Å². The highest BCUT2D eigenvalue weighted by Gasteiger charge is 2.30. The number of hydrogen-bond donors (Lipinski definition) is 0. The maximum atomic E-state index is 12.7. The van der Waals surface area contributed by atoms with E-state index in [2.05, 4.69) is 22.0 Å². The summed E-state index contributed by atoms with van der Waals surface area (Å²) in [6, 6.07) is 6.11. The van der Waals surface area contributed by atoms with Gasteiger partial charge in [0.05, 0.1) is 18.8 Å². The second kappa shape index (κ2) is 6.06. The zero-order valence-electron chi connectivity index (χ0n) is 11.6. The summed E-state index contributed by atoms with van der Waals surface area (Å²) in [5.41, 5.74) is 3.02. The first kappa shape index (κ1) is 14.5. The van der Waals surface area contributed by atoms with Crippen molar-refractivity contribution in [2.24, 2.45) is 0 Å². The number of aryl methyl sites for hydroxylation is 2. The van der Waals surface area contributed by atoms with Gasteiger partial charge in [0, 0.05) is 17.4 Å². The van der Waals surface area contributed by atoms with Gasteiger partial charge in [0.25, 0.3) is 5.91 Å². The van der Waals surface area contributed by atoms with Gasteiger partial charge in [0.2, 0.25) is 0 Å². The van der Waals surface area contributed by atoms with E-state index in [1.807, 2.05) is 37.8 Å². The van der Waals surface area contributed by atoms with Crippen LogP contribution in [0.1, 0.15) is 28.4 Å². The zero-order valence-corrected chi connectivity index (χ0v) is 13.2. The SMILES string of the molecule is Cc1ccc(C(=O)N2CC(CBr)OCC2C)c(C)c1. The molecule has 1 amide bonds. The highest BCUT2D eigenvalue weighted by atomic mass is 79.9. The molecule has 2 unspecified atom stereocenters. The highest BCUT2D eigenvalue weighted by Crippen LogP contribution is 2.19. The van der Waals surface area contributed by atoms with Crippen LogP contribution in [0.25, 0.3) is 0 Å². The van der Waals surface area contributed by atoms with Gasteiger partial charge in [-0.15, -0.1) is 0 Å². The van der Waals surface area contributed by atoms with Crippen LogP contribution in [0.3, 0.4) is 0 Å². The quantitative estimate of drug-likeness (QED) is 0.782. The molecule has 19 heavy (non-hydrogen) atoms. The number of amides is 1. The monoisotopic (exact) mass is 325 g/mol. The van der Waals surface area contributed by atoms with Crippen LogP contribution in [0.4, 0.5) is 0 Å². The number of morpholine rings is 1. The Balaban J connectivity index is 2.22. The molecule has 1 aromatic carbocycles. The number of carbonyl (C=O) groups is 1. The molecule has 1 aliphatic heterocycles. The number of benzene rings is 1. The molecule has 1 heterocycles. The fraction of sp³-hybridized carbons (Fsp3) is 0.533. The predicted molar refractivity (Wildman–Crippen MR) is 79.9 cm³/mol. The van der Waals surface area contributed by atoms with Crippen molar-refractivity contribution in [3.8, 4) is 0 Å². The predicted octanol–water partition coefficient (Wildman–Crippen LogP) is 2.93. The van der Waals surface area contributed by atoms with E-state index in [4.69, 9.17) is 4.74 Å². The lowest BCUT2D eigenvalue weighted by atomic mass is 10.0. The van der Waals surface area contributed by atoms with Gasteiger partial charge >= 0.3 is 0 Å². The summed E-state index contributed by atoms with van der Waals surface area (Å²) < 4.78 is 5.66. The van der Waals surface area contributed by atoms with E-state index >= 15 is 0 Å². The van der Waals surface area contributed by atoms with Gasteiger partial charge in [0.15, 0.2) is 0 Å². The molecular weight excluding hydrogens is 306 g/mol. The summed E-state index contributed by atoms with van der Waals surface area (Å²) >= 11 is 3.42. The Morgan fingerprint density at radius 1 is 1.47 bits per heavy atom. The molecule has 104 valence electrons. The number of halogens is 1. The van der Waals surface area contributed by atoms with Gasteiger partial charge in [0.1, 0.15) is 0 Å². The Morgan fingerprint density at radius 3 is 2.84 bits per heavy atom. The van der Waals surface area contributed by atoms with Gasteiger partial charge < -0.3 is 9.64 Å². The van der Waals surface area contributed by atoms with E-state index in [1.165, 1.54) is 5.56 Å². The fourth-order valence-corrected chi connectivity index (χ4v) is 2.79. The van der Waals surface area contributed by atoms with E-state index in [0.717, 1.165) is 16.5 Å². The lowest BCUT2D eigenvalue weighted by molar-refractivity contribution is -0.0361. The minimum atomic E-state index is 0.0888. The molecule has 1 fully saturated rings. The molecule has 1 aromatic rings.